The van der Waals surface area contributed by atoms with Crippen LogP contribution in [0.15, 0.2) is 18.2 Å². The van der Waals surface area contributed by atoms with Crippen LogP contribution < -0.4 is 10.6 Å². The molecule has 1 fully saturated rings. The first-order valence-electron chi connectivity index (χ1n) is 7.39. The average molecular weight is 246 g/mol. The zero-order chi connectivity index (χ0) is 13.0. The smallest absolute Gasteiger partial charge is 0.0433 e. The van der Waals surface area contributed by atoms with Crippen LogP contribution in [-0.2, 0) is 12.8 Å². The van der Waals surface area contributed by atoms with E-state index in [0.717, 1.165) is 25.8 Å². The Hall–Kier alpha value is -1.02. The summed E-state index contributed by atoms with van der Waals surface area (Å²) in [6, 6.07) is 7.43. The van der Waals surface area contributed by atoms with Crippen molar-refractivity contribution >= 4 is 5.69 Å². The summed E-state index contributed by atoms with van der Waals surface area (Å²) in [5, 5.41) is 0. The van der Waals surface area contributed by atoms with Crippen molar-refractivity contribution in [1.29, 1.82) is 0 Å². The molecule has 0 bridgehead atoms. The molecule has 0 aliphatic carbocycles. The Balaban J connectivity index is 2.35. The van der Waals surface area contributed by atoms with Crippen molar-refractivity contribution in [2.45, 2.75) is 52.0 Å². The molecule has 0 amide bonds. The first-order chi connectivity index (χ1) is 8.81. The quantitative estimate of drug-likeness (QED) is 0.865. The fraction of sp³-hybridized carbons (Fsp3) is 0.625. The van der Waals surface area contributed by atoms with Gasteiger partial charge in [-0.05, 0) is 49.8 Å². The van der Waals surface area contributed by atoms with Crippen LogP contribution >= 0.6 is 0 Å². The van der Waals surface area contributed by atoms with E-state index in [9.17, 15) is 0 Å². The van der Waals surface area contributed by atoms with Crippen molar-refractivity contribution < 1.29 is 0 Å². The number of hydrogen-bond donors (Lipinski definition) is 1. The topological polar surface area (TPSA) is 29.3 Å². The molecule has 2 nitrogen and oxygen atoms in total. The molecule has 0 radical (unpaired) electrons. The van der Waals surface area contributed by atoms with Gasteiger partial charge in [0.25, 0.3) is 0 Å². The number of benzene rings is 1. The largest absolute Gasteiger partial charge is 0.368 e. The van der Waals surface area contributed by atoms with E-state index < -0.39 is 0 Å². The van der Waals surface area contributed by atoms with Gasteiger partial charge in [-0.3, -0.25) is 0 Å². The van der Waals surface area contributed by atoms with Crippen LogP contribution in [0.3, 0.4) is 0 Å². The molecule has 0 spiro atoms. The summed E-state index contributed by atoms with van der Waals surface area (Å²) in [5.74, 6) is 0. The molecule has 2 N–H and O–H groups in total. The minimum atomic E-state index is 0.660. The van der Waals surface area contributed by atoms with Gasteiger partial charge in [-0.1, -0.05) is 32.0 Å². The Morgan fingerprint density at radius 3 is 2.44 bits per heavy atom. The van der Waals surface area contributed by atoms with Crippen molar-refractivity contribution in [3.05, 3.63) is 29.3 Å². The van der Waals surface area contributed by atoms with Gasteiger partial charge < -0.3 is 10.6 Å². The zero-order valence-corrected chi connectivity index (χ0v) is 11.8. The molecule has 2 heteroatoms. The molecule has 100 valence electrons. The molecule has 1 saturated heterocycles. The minimum absolute atomic E-state index is 0.660. The molecular formula is C16H26N2. The summed E-state index contributed by atoms with van der Waals surface area (Å²) in [4.78, 5) is 2.63. The van der Waals surface area contributed by atoms with Crippen molar-refractivity contribution in [2.24, 2.45) is 5.73 Å². The molecule has 1 unspecified atom stereocenters. The number of anilines is 1. The van der Waals surface area contributed by atoms with Crippen LogP contribution in [-0.4, -0.2) is 19.1 Å². The van der Waals surface area contributed by atoms with Crippen LogP contribution in [0.25, 0.3) is 0 Å². The van der Waals surface area contributed by atoms with Gasteiger partial charge in [0.2, 0.25) is 0 Å². The molecule has 1 aromatic rings. The predicted octanol–water partition coefficient (Wildman–Crippen LogP) is 3.13. The van der Waals surface area contributed by atoms with Gasteiger partial charge in [-0.25, -0.2) is 0 Å². The van der Waals surface area contributed by atoms with Crippen LogP contribution in [0.4, 0.5) is 5.69 Å². The van der Waals surface area contributed by atoms with Gasteiger partial charge >= 0.3 is 0 Å². The fourth-order valence-electron chi connectivity index (χ4n) is 3.21. The third kappa shape index (κ3) is 2.54. The Kier molecular flexibility index (Phi) is 4.65. The molecule has 2 rings (SSSR count). The molecular weight excluding hydrogens is 220 g/mol. The summed E-state index contributed by atoms with van der Waals surface area (Å²) >= 11 is 0. The SMILES string of the molecule is CCc1cccc(CC)c1N1CCCC1CCN. The first kappa shape index (κ1) is 13.4. The molecule has 0 aromatic heterocycles. The molecule has 0 saturated carbocycles. The van der Waals surface area contributed by atoms with Gasteiger partial charge in [-0.15, -0.1) is 0 Å². The maximum atomic E-state index is 5.76. The lowest BCUT2D eigenvalue weighted by atomic mass is 10.0. The van der Waals surface area contributed by atoms with Gasteiger partial charge in [0, 0.05) is 18.3 Å². The molecule has 1 heterocycles. The average Bonchev–Trinajstić information content (AvgIpc) is 2.86. The van der Waals surface area contributed by atoms with Crippen molar-refractivity contribution in [3.8, 4) is 0 Å². The van der Waals surface area contributed by atoms with E-state index in [2.05, 4.69) is 36.9 Å². The summed E-state index contributed by atoms with van der Waals surface area (Å²) in [7, 11) is 0. The number of para-hydroxylation sites is 1. The fourth-order valence-corrected chi connectivity index (χ4v) is 3.21. The Morgan fingerprint density at radius 1 is 1.22 bits per heavy atom. The normalized spacial score (nSPS) is 19.5. The number of nitrogens with zero attached hydrogens (tertiary/aromatic N) is 1. The first-order valence-corrected chi connectivity index (χ1v) is 7.39. The maximum absolute atomic E-state index is 5.76. The third-order valence-electron chi connectivity index (χ3n) is 4.13. The number of rotatable bonds is 5. The second kappa shape index (κ2) is 6.24. The monoisotopic (exact) mass is 246 g/mol. The van der Waals surface area contributed by atoms with E-state index in [1.807, 2.05) is 0 Å². The highest BCUT2D eigenvalue weighted by Crippen LogP contribution is 2.33. The van der Waals surface area contributed by atoms with Gasteiger partial charge in [0.05, 0.1) is 0 Å². The second-order valence-electron chi connectivity index (χ2n) is 5.20. The summed E-state index contributed by atoms with van der Waals surface area (Å²) in [5.41, 5.74) is 10.3. The summed E-state index contributed by atoms with van der Waals surface area (Å²) in [6.07, 6.45) is 5.98. The van der Waals surface area contributed by atoms with Gasteiger partial charge in [0.1, 0.15) is 0 Å². The zero-order valence-electron chi connectivity index (χ0n) is 11.8. The Labute approximate surface area is 111 Å². The number of aryl methyl sites for hydroxylation is 2. The Bertz CT molecular complexity index is 364. The van der Waals surface area contributed by atoms with E-state index in [1.54, 1.807) is 0 Å². The van der Waals surface area contributed by atoms with Gasteiger partial charge in [0.15, 0.2) is 0 Å². The number of nitrogens with two attached hydrogens (primary N) is 1. The lowest BCUT2D eigenvalue weighted by molar-refractivity contribution is 0.616. The highest BCUT2D eigenvalue weighted by Gasteiger charge is 2.26. The van der Waals surface area contributed by atoms with Crippen molar-refractivity contribution in [3.63, 3.8) is 0 Å². The predicted molar refractivity (Wildman–Crippen MR) is 79.2 cm³/mol. The standard InChI is InChI=1S/C16H26N2/c1-3-13-7-5-8-14(4-2)16(13)18-12-6-9-15(18)10-11-17/h5,7-8,15H,3-4,6,9-12,17H2,1-2H3. The minimum Gasteiger partial charge on any atom is -0.368 e. The van der Waals surface area contributed by atoms with Crippen LogP contribution in [0.5, 0.6) is 0 Å². The molecule has 1 aliphatic heterocycles. The van der Waals surface area contributed by atoms with Crippen LogP contribution in [0.2, 0.25) is 0 Å². The van der Waals surface area contributed by atoms with E-state index in [1.165, 1.54) is 36.2 Å². The number of hydrogen-bond acceptors (Lipinski definition) is 2. The lowest BCUT2D eigenvalue weighted by Crippen LogP contribution is -2.32. The van der Waals surface area contributed by atoms with E-state index >= 15 is 0 Å². The third-order valence-corrected chi connectivity index (χ3v) is 4.13. The molecule has 1 atom stereocenters. The molecule has 18 heavy (non-hydrogen) atoms. The van der Waals surface area contributed by atoms with Gasteiger partial charge in [-0.2, -0.15) is 0 Å². The van der Waals surface area contributed by atoms with Crippen molar-refractivity contribution in [1.82, 2.24) is 0 Å². The summed E-state index contributed by atoms with van der Waals surface area (Å²) < 4.78 is 0. The molecule has 1 aliphatic rings. The van der Waals surface area contributed by atoms with Crippen LogP contribution in [0, 0.1) is 0 Å². The lowest BCUT2D eigenvalue weighted by Gasteiger charge is -2.30. The highest BCUT2D eigenvalue weighted by atomic mass is 15.2. The van der Waals surface area contributed by atoms with E-state index in [-0.39, 0.29) is 0 Å². The Morgan fingerprint density at radius 2 is 1.89 bits per heavy atom. The maximum Gasteiger partial charge on any atom is 0.0433 e. The van der Waals surface area contributed by atoms with E-state index in [4.69, 9.17) is 5.73 Å². The second-order valence-corrected chi connectivity index (χ2v) is 5.20. The van der Waals surface area contributed by atoms with Crippen molar-refractivity contribution in [2.75, 3.05) is 18.0 Å². The van der Waals surface area contributed by atoms with Crippen LogP contribution in [0.1, 0.15) is 44.2 Å². The van der Waals surface area contributed by atoms with E-state index in [0.29, 0.717) is 6.04 Å². The summed E-state index contributed by atoms with van der Waals surface area (Å²) in [6.45, 7) is 6.52. The highest BCUT2D eigenvalue weighted by molar-refractivity contribution is 5.61. The molecule has 1 aromatic carbocycles.